The monoisotopic (exact) mass is 363 g/mol. The van der Waals surface area contributed by atoms with Crippen molar-refractivity contribution < 1.29 is 24.5 Å². The molecule has 0 aliphatic heterocycles. The highest BCUT2D eigenvalue weighted by molar-refractivity contribution is 6.27. The van der Waals surface area contributed by atoms with Crippen molar-refractivity contribution in [3.8, 4) is 5.75 Å². The number of aliphatic carboxylic acids is 2. The standard InChI is InChI=1S/C16H23N3O.C2H2O4/c1-13-11-14(2)19(18-13)10-4-9-17-12-15-5-7-16(20-3)8-6-15;3-1(4)2(5)6/h5-8,11,17H,4,9-10,12H2,1-3H3;(H,3,4)(H,5,6). The number of carbonyl (C=O) groups is 2. The predicted octanol–water partition coefficient (Wildman–Crippen LogP) is 1.84. The van der Waals surface area contributed by atoms with Gasteiger partial charge in [-0.15, -0.1) is 0 Å². The summed E-state index contributed by atoms with van der Waals surface area (Å²) in [5.41, 5.74) is 3.60. The molecule has 142 valence electrons. The van der Waals surface area contributed by atoms with Gasteiger partial charge in [-0.05, 0) is 50.6 Å². The summed E-state index contributed by atoms with van der Waals surface area (Å²) in [5, 5.41) is 22.7. The quantitative estimate of drug-likeness (QED) is 0.508. The van der Waals surface area contributed by atoms with E-state index in [0.29, 0.717) is 0 Å². The highest BCUT2D eigenvalue weighted by atomic mass is 16.5. The fraction of sp³-hybridized carbons (Fsp3) is 0.389. The molecule has 0 saturated carbocycles. The normalized spacial score (nSPS) is 9.96. The molecule has 0 radical (unpaired) electrons. The van der Waals surface area contributed by atoms with Gasteiger partial charge in [0.25, 0.3) is 0 Å². The minimum absolute atomic E-state index is 0.890. The van der Waals surface area contributed by atoms with E-state index in [1.54, 1.807) is 7.11 Å². The molecule has 8 heteroatoms. The molecule has 0 fully saturated rings. The van der Waals surface area contributed by atoms with Crippen molar-refractivity contribution in [2.75, 3.05) is 13.7 Å². The number of aryl methyl sites for hydroxylation is 3. The van der Waals surface area contributed by atoms with Gasteiger partial charge in [0.2, 0.25) is 0 Å². The predicted molar refractivity (Wildman–Crippen MR) is 96.3 cm³/mol. The number of nitrogens with one attached hydrogen (secondary N) is 1. The van der Waals surface area contributed by atoms with Crippen LogP contribution in [0.15, 0.2) is 30.3 Å². The minimum atomic E-state index is -1.82. The number of aromatic nitrogens is 2. The van der Waals surface area contributed by atoms with Gasteiger partial charge in [-0.3, -0.25) is 4.68 Å². The SMILES string of the molecule is COc1ccc(CNCCCn2nc(C)cc2C)cc1.O=C(O)C(=O)O. The highest BCUT2D eigenvalue weighted by Gasteiger charge is 2.04. The van der Waals surface area contributed by atoms with E-state index < -0.39 is 11.9 Å². The van der Waals surface area contributed by atoms with Crippen molar-refractivity contribution >= 4 is 11.9 Å². The van der Waals surface area contributed by atoms with Crippen LogP contribution in [0.2, 0.25) is 0 Å². The van der Waals surface area contributed by atoms with Gasteiger partial charge in [-0.2, -0.15) is 5.10 Å². The Morgan fingerprint density at radius 3 is 2.23 bits per heavy atom. The molecule has 1 aromatic carbocycles. The Morgan fingerprint density at radius 1 is 1.15 bits per heavy atom. The van der Waals surface area contributed by atoms with E-state index >= 15 is 0 Å². The van der Waals surface area contributed by atoms with Crippen LogP contribution in [0.25, 0.3) is 0 Å². The zero-order chi connectivity index (χ0) is 19.5. The van der Waals surface area contributed by atoms with Gasteiger partial charge >= 0.3 is 11.9 Å². The van der Waals surface area contributed by atoms with Gasteiger partial charge in [0.05, 0.1) is 12.8 Å². The van der Waals surface area contributed by atoms with Crippen LogP contribution in [-0.4, -0.2) is 45.6 Å². The van der Waals surface area contributed by atoms with Gasteiger partial charge < -0.3 is 20.3 Å². The molecule has 2 rings (SSSR count). The van der Waals surface area contributed by atoms with Crippen LogP contribution in [-0.2, 0) is 22.7 Å². The van der Waals surface area contributed by atoms with E-state index in [-0.39, 0.29) is 0 Å². The zero-order valence-electron chi connectivity index (χ0n) is 15.2. The van der Waals surface area contributed by atoms with Crippen molar-refractivity contribution in [2.24, 2.45) is 0 Å². The van der Waals surface area contributed by atoms with E-state index in [1.807, 2.05) is 19.1 Å². The third-order valence-corrected chi connectivity index (χ3v) is 3.50. The first-order chi connectivity index (χ1) is 12.3. The van der Waals surface area contributed by atoms with Gasteiger partial charge in [-0.25, -0.2) is 9.59 Å². The summed E-state index contributed by atoms with van der Waals surface area (Å²) in [6.45, 7) is 6.98. The van der Waals surface area contributed by atoms with Crippen molar-refractivity contribution in [1.29, 1.82) is 0 Å². The molecule has 0 amide bonds. The average molecular weight is 363 g/mol. The third-order valence-electron chi connectivity index (χ3n) is 3.50. The summed E-state index contributed by atoms with van der Waals surface area (Å²) in [7, 11) is 1.69. The number of methoxy groups -OCH3 is 1. The summed E-state index contributed by atoms with van der Waals surface area (Å²) < 4.78 is 7.22. The molecule has 2 aromatic rings. The zero-order valence-corrected chi connectivity index (χ0v) is 15.2. The van der Waals surface area contributed by atoms with Crippen LogP contribution in [0.1, 0.15) is 23.4 Å². The Kier molecular flexibility index (Phi) is 8.86. The number of hydrogen-bond donors (Lipinski definition) is 3. The maximum absolute atomic E-state index is 9.10. The van der Waals surface area contributed by atoms with Gasteiger partial charge in [0.15, 0.2) is 0 Å². The molecular weight excluding hydrogens is 338 g/mol. The Labute approximate surface area is 152 Å². The molecule has 0 spiro atoms. The molecule has 1 aromatic heterocycles. The summed E-state index contributed by atoms with van der Waals surface area (Å²) in [6, 6.07) is 10.3. The molecule has 0 atom stereocenters. The number of benzene rings is 1. The average Bonchev–Trinajstić information content (AvgIpc) is 2.93. The van der Waals surface area contributed by atoms with E-state index in [4.69, 9.17) is 24.5 Å². The van der Waals surface area contributed by atoms with Crippen LogP contribution in [0, 0.1) is 13.8 Å². The molecule has 8 nitrogen and oxygen atoms in total. The maximum atomic E-state index is 9.10. The van der Waals surface area contributed by atoms with Crippen molar-refractivity contribution in [3.63, 3.8) is 0 Å². The molecule has 0 aliphatic carbocycles. The van der Waals surface area contributed by atoms with Gasteiger partial charge in [-0.1, -0.05) is 12.1 Å². The fourth-order valence-electron chi connectivity index (χ4n) is 2.23. The Balaban J connectivity index is 0.000000487. The molecule has 0 aliphatic rings. The molecular formula is C18H25N3O5. The van der Waals surface area contributed by atoms with Gasteiger partial charge in [0, 0.05) is 18.8 Å². The van der Waals surface area contributed by atoms with Crippen molar-refractivity contribution in [3.05, 3.63) is 47.3 Å². The van der Waals surface area contributed by atoms with Crippen LogP contribution in [0.5, 0.6) is 5.75 Å². The first-order valence-electron chi connectivity index (χ1n) is 8.14. The second-order valence-corrected chi connectivity index (χ2v) is 5.64. The molecule has 3 N–H and O–H groups in total. The largest absolute Gasteiger partial charge is 0.497 e. The lowest BCUT2D eigenvalue weighted by Gasteiger charge is -2.07. The lowest BCUT2D eigenvalue weighted by Crippen LogP contribution is -2.17. The number of nitrogens with zero attached hydrogens (tertiary/aromatic N) is 2. The maximum Gasteiger partial charge on any atom is 0.414 e. The lowest BCUT2D eigenvalue weighted by atomic mass is 10.2. The highest BCUT2D eigenvalue weighted by Crippen LogP contribution is 2.10. The number of ether oxygens (including phenoxy) is 1. The van der Waals surface area contributed by atoms with Gasteiger partial charge in [0.1, 0.15) is 5.75 Å². The number of rotatable bonds is 7. The second kappa shape index (κ2) is 10.9. The van der Waals surface area contributed by atoms with Crippen molar-refractivity contribution in [1.82, 2.24) is 15.1 Å². The minimum Gasteiger partial charge on any atom is -0.497 e. The van der Waals surface area contributed by atoms with Crippen LogP contribution < -0.4 is 10.1 Å². The first kappa shape index (κ1) is 21.2. The summed E-state index contributed by atoms with van der Waals surface area (Å²) in [5.74, 6) is -2.75. The van der Waals surface area contributed by atoms with Crippen LogP contribution in [0.3, 0.4) is 0 Å². The van der Waals surface area contributed by atoms with E-state index in [2.05, 4.69) is 40.2 Å². The number of carboxylic acid groups (broad SMARTS) is 2. The summed E-state index contributed by atoms with van der Waals surface area (Å²) >= 11 is 0. The number of hydrogen-bond acceptors (Lipinski definition) is 5. The van der Waals surface area contributed by atoms with Crippen LogP contribution >= 0.6 is 0 Å². The third kappa shape index (κ3) is 7.80. The molecule has 0 unspecified atom stereocenters. The molecule has 0 saturated heterocycles. The van der Waals surface area contributed by atoms with E-state index in [9.17, 15) is 0 Å². The second-order valence-electron chi connectivity index (χ2n) is 5.64. The van der Waals surface area contributed by atoms with Crippen LogP contribution in [0.4, 0.5) is 0 Å². The lowest BCUT2D eigenvalue weighted by molar-refractivity contribution is -0.159. The topological polar surface area (TPSA) is 114 Å². The Morgan fingerprint density at radius 2 is 1.77 bits per heavy atom. The smallest absolute Gasteiger partial charge is 0.414 e. The number of carboxylic acids is 2. The summed E-state index contributed by atoms with van der Waals surface area (Å²) in [4.78, 5) is 18.2. The molecule has 1 heterocycles. The molecule has 0 bridgehead atoms. The first-order valence-corrected chi connectivity index (χ1v) is 8.14. The fourth-order valence-corrected chi connectivity index (χ4v) is 2.23. The van der Waals surface area contributed by atoms with Crippen molar-refractivity contribution in [2.45, 2.75) is 33.4 Å². The van der Waals surface area contributed by atoms with E-state index in [0.717, 1.165) is 37.5 Å². The summed E-state index contributed by atoms with van der Waals surface area (Å²) in [6.07, 6.45) is 1.08. The Hall–Kier alpha value is -2.87. The Bertz CT molecular complexity index is 698. The molecule has 26 heavy (non-hydrogen) atoms. The van der Waals surface area contributed by atoms with E-state index in [1.165, 1.54) is 11.3 Å².